The third-order valence-electron chi connectivity index (χ3n) is 10.1. The molecule has 9 nitrogen and oxygen atoms in total. The second kappa shape index (κ2) is 11.1. The molecule has 44 heavy (non-hydrogen) atoms. The van der Waals surface area contributed by atoms with Crippen LogP contribution in [0.3, 0.4) is 0 Å². The molecule has 4 atom stereocenters. The maximum absolute atomic E-state index is 14.5. The van der Waals surface area contributed by atoms with Crippen molar-refractivity contribution in [2.75, 3.05) is 27.0 Å². The summed E-state index contributed by atoms with van der Waals surface area (Å²) in [7, 11) is 1.63. The number of esters is 2. The zero-order valence-corrected chi connectivity index (χ0v) is 25.8. The van der Waals surface area contributed by atoms with Crippen LogP contribution in [0.4, 0.5) is 0 Å². The Hall–Kier alpha value is -3.56. The van der Waals surface area contributed by atoms with Gasteiger partial charge in [0.15, 0.2) is 23.2 Å². The molecule has 2 aromatic carbocycles. The average Bonchev–Trinajstić information content (AvgIpc) is 3.69. The Morgan fingerprint density at radius 3 is 2.57 bits per heavy atom. The molecule has 0 N–H and O–H groups in total. The number of methoxy groups -OCH3 is 1. The van der Waals surface area contributed by atoms with Crippen LogP contribution in [0.1, 0.15) is 75.0 Å². The quantitative estimate of drug-likeness (QED) is 0.396. The largest absolute Gasteiger partial charge is 0.497 e. The zero-order chi connectivity index (χ0) is 30.5. The summed E-state index contributed by atoms with van der Waals surface area (Å²) in [6.45, 7) is 6.06. The highest BCUT2D eigenvalue weighted by molar-refractivity contribution is 5.86. The molecule has 7 rings (SSSR count). The highest BCUT2D eigenvalue weighted by atomic mass is 16.7. The van der Waals surface area contributed by atoms with Crippen molar-refractivity contribution in [3.05, 3.63) is 71.0 Å². The minimum atomic E-state index is -1.47. The van der Waals surface area contributed by atoms with E-state index in [1.807, 2.05) is 44.2 Å². The van der Waals surface area contributed by atoms with Crippen LogP contribution in [-0.2, 0) is 41.6 Å². The van der Waals surface area contributed by atoms with Gasteiger partial charge >= 0.3 is 11.9 Å². The van der Waals surface area contributed by atoms with Gasteiger partial charge in [0.2, 0.25) is 6.79 Å². The third kappa shape index (κ3) is 5.04. The van der Waals surface area contributed by atoms with E-state index in [-0.39, 0.29) is 31.3 Å². The van der Waals surface area contributed by atoms with Gasteiger partial charge in [-0.3, -0.25) is 9.69 Å². The molecule has 4 aliphatic heterocycles. The smallest absolute Gasteiger partial charge is 0.339 e. The van der Waals surface area contributed by atoms with Gasteiger partial charge in [-0.05, 0) is 93.8 Å². The second-order valence-corrected chi connectivity index (χ2v) is 13.3. The lowest BCUT2D eigenvalue weighted by molar-refractivity contribution is -0.217. The molecule has 1 aliphatic carbocycles. The first kappa shape index (κ1) is 29.2. The van der Waals surface area contributed by atoms with E-state index in [9.17, 15) is 9.59 Å². The molecule has 0 radical (unpaired) electrons. The number of fused-ring (bicyclic) bond motifs is 3. The van der Waals surface area contributed by atoms with Crippen LogP contribution in [0, 0.1) is 0 Å². The Bertz CT molecular complexity index is 1470. The molecule has 5 aliphatic rings. The van der Waals surface area contributed by atoms with Crippen molar-refractivity contribution in [1.29, 1.82) is 0 Å². The average molecular weight is 604 g/mol. The van der Waals surface area contributed by atoms with E-state index in [4.69, 9.17) is 28.4 Å². The number of hydrogen-bond donors (Lipinski definition) is 0. The van der Waals surface area contributed by atoms with Gasteiger partial charge in [-0.25, -0.2) is 4.79 Å². The fraction of sp³-hybridized carbons (Fsp3) is 0.543. The summed E-state index contributed by atoms with van der Waals surface area (Å²) in [6, 6.07) is 13.6. The van der Waals surface area contributed by atoms with Gasteiger partial charge < -0.3 is 28.4 Å². The number of ether oxygens (including phenoxy) is 6. The monoisotopic (exact) mass is 603 g/mol. The minimum absolute atomic E-state index is 0.126. The van der Waals surface area contributed by atoms with Gasteiger partial charge in [0, 0.05) is 6.54 Å². The van der Waals surface area contributed by atoms with Gasteiger partial charge in [0.1, 0.15) is 12.4 Å². The lowest BCUT2D eigenvalue weighted by Gasteiger charge is -2.44. The van der Waals surface area contributed by atoms with E-state index in [1.54, 1.807) is 7.11 Å². The third-order valence-corrected chi connectivity index (χ3v) is 10.1. The molecular weight excluding hydrogens is 562 g/mol. The number of carbonyl (C=O) groups excluding carboxylic acids is 2. The van der Waals surface area contributed by atoms with Gasteiger partial charge in [0.25, 0.3) is 0 Å². The van der Waals surface area contributed by atoms with Gasteiger partial charge in [0.05, 0.1) is 30.6 Å². The predicted molar refractivity (Wildman–Crippen MR) is 160 cm³/mol. The van der Waals surface area contributed by atoms with Gasteiger partial charge in [-0.1, -0.05) is 30.3 Å². The van der Waals surface area contributed by atoms with E-state index >= 15 is 0 Å². The van der Waals surface area contributed by atoms with Crippen LogP contribution >= 0.6 is 0 Å². The van der Waals surface area contributed by atoms with Crippen molar-refractivity contribution < 1.29 is 38.0 Å². The molecule has 2 fully saturated rings. The minimum Gasteiger partial charge on any atom is -0.497 e. The molecular formula is C35H41NO8. The summed E-state index contributed by atoms with van der Waals surface area (Å²) in [5.41, 5.74) is 0.687. The maximum Gasteiger partial charge on any atom is 0.339 e. The maximum atomic E-state index is 14.5. The fourth-order valence-electron chi connectivity index (χ4n) is 8.11. The van der Waals surface area contributed by atoms with Crippen molar-refractivity contribution in [3.63, 3.8) is 0 Å². The number of benzene rings is 2. The second-order valence-electron chi connectivity index (χ2n) is 13.3. The van der Waals surface area contributed by atoms with Crippen LogP contribution < -0.4 is 9.47 Å². The van der Waals surface area contributed by atoms with Crippen molar-refractivity contribution >= 4 is 11.9 Å². The standard InChI is InChI=1S/C35H41NO8/c1-33(2)12-7-14-35(44-33,20-29(37)40-21-23-9-5-4-6-10-23)32(38)43-31-28(39-3)19-34-13-8-15-36(34)16-11-24-17-26-27(42-22-41-26)18-25(24)30(31)34/h4-6,9-10,17-19,30-31H,7-8,11-16,20-22H2,1-3H3/t30-,31?,34+,35-/m1/s1. The van der Waals surface area contributed by atoms with E-state index < -0.39 is 29.2 Å². The summed E-state index contributed by atoms with van der Waals surface area (Å²) < 4.78 is 36.2. The number of nitrogens with zero attached hydrogens (tertiary/aromatic N) is 1. The molecule has 234 valence electrons. The molecule has 4 heterocycles. The van der Waals surface area contributed by atoms with Gasteiger partial charge in [-0.15, -0.1) is 0 Å². The number of rotatable bonds is 7. The first-order valence-corrected chi connectivity index (χ1v) is 15.8. The van der Waals surface area contributed by atoms with Crippen molar-refractivity contribution in [1.82, 2.24) is 4.90 Å². The van der Waals surface area contributed by atoms with Crippen LogP contribution in [0.2, 0.25) is 0 Å². The van der Waals surface area contributed by atoms with Crippen molar-refractivity contribution in [3.8, 4) is 11.5 Å². The molecule has 1 unspecified atom stereocenters. The van der Waals surface area contributed by atoms with E-state index in [0.717, 1.165) is 67.6 Å². The van der Waals surface area contributed by atoms with E-state index in [1.165, 1.54) is 0 Å². The lowest BCUT2D eigenvalue weighted by atomic mass is 9.77. The molecule has 0 aromatic heterocycles. The van der Waals surface area contributed by atoms with E-state index in [2.05, 4.69) is 23.1 Å². The zero-order valence-electron chi connectivity index (χ0n) is 25.8. The Labute approximate surface area is 258 Å². The van der Waals surface area contributed by atoms with Crippen LogP contribution in [-0.4, -0.2) is 66.7 Å². The molecule has 9 heteroatoms. The number of hydrogen-bond acceptors (Lipinski definition) is 9. The summed E-state index contributed by atoms with van der Waals surface area (Å²) in [6.07, 6.45) is 5.94. The first-order chi connectivity index (χ1) is 21.2. The Kier molecular flexibility index (Phi) is 7.36. The van der Waals surface area contributed by atoms with Crippen LogP contribution in [0.15, 0.2) is 54.3 Å². The Balaban J connectivity index is 1.21. The van der Waals surface area contributed by atoms with Gasteiger partial charge in [-0.2, -0.15) is 0 Å². The Morgan fingerprint density at radius 1 is 1.00 bits per heavy atom. The molecule has 2 aromatic rings. The summed E-state index contributed by atoms with van der Waals surface area (Å²) in [5.74, 6) is 0.812. The molecule has 0 bridgehead atoms. The first-order valence-electron chi connectivity index (χ1n) is 15.8. The molecule has 0 saturated carbocycles. The van der Waals surface area contributed by atoms with Crippen molar-refractivity contribution in [2.45, 2.75) is 94.2 Å². The van der Waals surface area contributed by atoms with E-state index in [0.29, 0.717) is 17.9 Å². The lowest BCUT2D eigenvalue weighted by Crippen LogP contribution is -2.54. The predicted octanol–water partition coefficient (Wildman–Crippen LogP) is 5.20. The molecule has 1 spiro atoms. The highest BCUT2D eigenvalue weighted by Gasteiger charge is 2.60. The Morgan fingerprint density at radius 2 is 1.80 bits per heavy atom. The van der Waals surface area contributed by atoms with Crippen molar-refractivity contribution in [2.24, 2.45) is 0 Å². The van der Waals surface area contributed by atoms with Crippen LogP contribution in [0.25, 0.3) is 0 Å². The summed E-state index contributed by atoms with van der Waals surface area (Å²) in [4.78, 5) is 30.3. The number of carbonyl (C=O) groups is 2. The fourth-order valence-corrected chi connectivity index (χ4v) is 8.11. The topological polar surface area (TPSA) is 92.8 Å². The summed E-state index contributed by atoms with van der Waals surface area (Å²) in [5, 5.41) is 0. The normalized spacial score (nSPS) is 29.9. The highest BCUT2D eigenvalue weighted by Crippen LogP contribution is 2.56. The SMILES string of the molecule is COC1=C[C@]23CCCN2CCc2cc4c(cc2[C@@H]3C1OC(=O)[C@]1(CC(=O)OCc2ccccc2)CCCC(C)(C)O1)OCO4. The van der Waals surface area contributed by atoms with Crippen LogP contribution in [0.5, 0.6) is 11.5 Å². The summed E-state index contributed by atoms with van der Waals surface area (Å²) >= 11 is 0. The molecule has 0 amide bonds. The molecule has 2 saturated heterocycles.